The number of carbonyl (C=O) groups is 2. The van der Waals surface area contributed by atoms with Crippen molar-refractivity contribution in [3.63, 3.8) is 0 Å². The van der Waals surface area contributed by atoms with E-state index in [4.69, 9.17) is 4.74 Å². The number of anilines is 2. The van der Waals surface area contributed by atoms with Gasteiger partial charge in [-0.3, -0.25) is 9.59 Å². The minimum atomic E-state index is -0.331. The van der Waals surface area contributed by atoms with Gasteiger partial charge in [0, 0.05) is 37.6 Å². The van der Waals surface area contributed by atoms with Crippen LogP contribution in [0.25, 0.3) is 0 Å². The number of rotatable bonds is 7. The summed E-state index contributed by atoms with van der Waals surface area (Å²) in [4.78, 5) is 29.2. The van der Waals surface area contributed by atoms with Crippen molar-refractivity contribution in [2.24, 2.45) is 0 Å². The predicted octanol–water partition coefficient (Wildman–Crippen LogP) is 3.24. The Morgan fingerprint density at radius 2 is 1.75 bits per heavy atom. The zero-order valence-corrected chi connectivity index (χ0v) is 19.2. The van der Waals surface area contributed by atoms with Crippen molar-refractivity contribution < 1.29 is 14.3 Å². The molecule has 2 amide bonds. The van der Waals surface area contributed by atoms with E-state index >= 15 is 0 Å². The van der Waals surface area contributed by atoms with Gasteiger partial charge in [-0.2, -0.15) is 0 Å². The van der Waals surface area contributed by atoms with E-state index in [0.717, 1.165) is 13.1 Å². The molecule has 1 fully saturated rings. The molecule has 32 heavy (non-hydrogen) atoms. The van der Waals surface area contributed by atoms with Gasteiger partial charge in [0.15, 0.2) is 4.34 Å². The maximum Gasteiger partial charge on any atom is 0.286 e. The van der Waals surface area contributed by atoms with Gasteiger partial charge >= 0.3 is 0 Å². The lowest BCUT2D eigenvalue weighted by Gasteiger charge is -2.36. The molecule has 10 heteroatoms. The normalized spacial score (nSPS) is 13.7. The highest BCUT2D eigenvalue weighted by Gasteiger charge is 2.22. The van der Waals surface area contributed by atoms with Crippen LogP contribution in [0.15, 0.2) is 58.9 Å². The summed E-state index contributed by atoms with van der Waals surface area (Å²) in [5.41, 5.74) is 1.83. The number of benzene rings is 2. The second-order valence-electron chi connectivity index (χ2n) is 7.05. The van der Waals surface area contributed by atoms with Crippen molar-refractivity contribution in [3.8, 4) is 5.75 Å². The molecule has 4 rings (SSSR count). The van der Waals surface area contributed by atoms with Gasteiger partial charge in [0.2, 0.25) is 10.9 Å². The average Bonchev–Trinajstić information content (AvgIpc) is 3.33. The minimum absolute atomic E-state index is 0.0714. The Morgan fingerprint density at radius 3 is 2.44 bits per heavy atom. The number of hydrogen-bond donors (Lipinski definition) is 1. The smallest absolute Gasteiger partial charge is 0.286 e. The van der Waals surface area contributed by atoms with Gasteiger partial charge in [0.25, 0.3) is 5.91 Å². The third-order valence-corrected chi connectivity index (χ3v) is 7.06. The Kier molecular flexibility index (Phi) is 7.23. The zero-order valence-electron chi connectivity index (χ0n) is 17.6. The monoisotopic (exact) mass is 469 g/mol. The first-order valence-corrected chi connectivity index (χ1v) is 11.9. The molecule has 0 spiro atoms. The van der Waals surface area contributed by atoms with Crippen LogP contribution in [0.4, 0.5) is 11.4 Å². The summed E-state index contributed by atoms with van der Waals surface area (Å²) in [6, 6.07) is 17.3. The Balaban J connectivity index is 1.24. The van der Waals surface area contributed by atoms with Gasteiger partial charge in [0.1, 0.15) is 5.75 Å². The number of thioether (sulfide) groups is 1. The summed E-state index contributed by atoms with van der Waals surface area (Å²) >= 11 is 2.49. The fraction of sp³-hybridized carbons (Fsp3) is 0.273. The fourth-order valence-corrected chi connectivity index (χ4v) is 4.94. The largest absolute Gasteiger partial charge is 0.497 e. The molecule has 1 aromatic heterocycles. The van der Waals surface area contributed by atoms with E-state index < -0.39 is 0 Å². The second-order valence-corrected chi connectivity index (χ2v) is 9.25. The highest BCUT2D eigenvalue weighted by molar-refractivity contribution is 8.01. The Bertz CT molecular complexity index is 1050. The van der Waals surface area contributed by atoms with Crippen molar-refractivity contribution in [2.75, 3.05) is 49.3 Å². The van der Waals surface area contributed by atoms with Crippen LogP contribution in [0.2, 0.25) is 0 Å². The Morgan fingerprint density at radius 1 is 1.03 bits per heavy atom. The molecular weight excluding hydrogens is 446 g/mol. The molecule has 0 aliphatic carbocycles. The van der Waals surface area contributed by atoms with E-state index in [2.05, 4.69) is 32.5 Å². The molecule has 0 saturated carbocycles. The number of nitrogens with zero attached hydrogens (tertiary/aromatic N) is 4. The van der Waals surface area contributed by atoms with E-state index in [1.807, 2.05) is 23.1 Å². The van der Waals surface area contributed by atoms with Crippen molar-refractivity contribution in [1.82, 2.24) is 15.1 Å². The molecule has 0 atom stereocenters. The van der Waals surface area contributed by atoms with Gasteiger partial charge in [-0.05, 0) is 36.4 Å². The summed E-state index contributed by atoms with van der Waals surface area (Å²) < 4.78 is 5.71. The topological polar surface area (TPSA) is 87.7 Å². The first kappa shape index (κ1) is 22.1. The van der Waals surface area contributed by atoms with Crippen molar-refractivity contribution in [1.29, 1.82) is 0 Å². The van der Waals surface area contributed by atoms with Crippen LogP contribution in [0.1, 0.15) is 9.80 Å². The summed E-state index contributed by atoms with van der Waals surface area (Å²) in [5, 5.41) is 11.0. The molecule has 0 unspecified atom stereocenters. The minimum Gasteiger partial charge on any atom is -0.497 e. The third-order valence-electron chi connectivity index (χ3n) is 5.02. The molecule has 166 valence electrons. The van der Waals surface area contributed by atoms with Crippen LogP contribution in [-0.4, -0.2) is 66.0 Å². The summed E-state index contributed by atoms with van der Waals surface area (Å²) in [6.07, 6.45) is 0. The lowest BCUT2D eigenvalue weighted by molar-refractivity contribution is -0.128. The SMILES string of the molecule is COc1ccc(NC(=O)c2nnc(SCC(=O)N3CCN(c4ccccc4)CC3)s2)cc1. The molecule has 1 aliphatic rings. The summed E-state index contributed by atoms with van der Waals surface area (Å²) in [7, 11) is 1.59. The number of amides is 2. The maximum atomic E-state index is 12.6. The number of piperazine rings is 1. The van der Waals surface area contributed by atoms with Crippen molar-refractivity contribution in [3.05, 3.63) is 59.6 Å². The zero-order chi connectivity index (χ0) is 22.3. The molecule has 0 radical (unpaired) electrons. The number of carbonyl (C=O) groups excluding carboxylic acids is 2. The second kappa shape index (κ2) is 10.5. The third kappa shape index (κ3) is 5.57. The molecule has 3 aromatic rings. The van der Waals surface area contributed by atoms with Crippen LogP contribution < -0.4 is 15.0 Å². The Labute approximate surface area is 194 Å². The number of aromatic nitrogens is 2. The van der Waals surface area contributed by atoms with E-state index in [1.54, 1.807) is 31.4 Å². The predicted molar refractivity (Wildman–Crippen MR) is 127 cm³/mol. The highest BCUT2D eigenvalue weighted by atomic mass is 32.2. The first-order valence-electron chi connectivity index (χ1n) is 10.1. The van der Waals surface area contributed by atoms with Crippen LogP contribution in [0, 0.1) is 0 Å². The van der Waals surface area contributed by atoms with Gasteiger partial charge in [-0.25, -0.2) is 0 Å². The standard InChI is InChI=1S/C22H23N5O3S2/c1-30-18-9-7-16(8-10-18)23-20(29)21-24-25-22(32-21)31-15-19(28)27-13-11-26(12-14-27)17-5-3-2-4-6-17/h2-10H,11-15H2,1H3,(H,23,29). The van der Waals surface area contributed by atoms with Gasteiger partial charge < -0.3 is 19.9 Å². The van der Waals surface area contributed by atoms with Crippen LogP contribution >= 0.6 is 23.1 Å². The molecule has 8 nitrogen and oxygen atoms in total. The van der Waals surface area contributed by atoms with Crippen LogP contribution in [-0.2, 0) is 4.79 Å². The Hall–Kier alpha value is -3.11. The number of ether oxygens (including phenoxy) is 1. The number of nitrogens with one attached hydrogen (secondary N) is 1. The molecule has 1 aliphatic heterocycles. The van der Waals surface area contributed by atoms with E-state index in [0.29, 0.717) is 28.9 Å². The molecule has 1 N–H and O–H groups in total. The number of hydrogen-bond acceptors (Lipinski definition) is 8. The molecular formula is C22H23N5O3S2. The first-order chi connectivity index (χ1) is 15.6. The highest BCUT2D eigenvalue weighted by Crippen LogP contribution is 2.24. The van der Waals surface area contributed by atoms with E-state index in [1.165, 1.54) is 28.8 Å². The van der Waals surface area contributed by atoms with Crippen LogP contribution in [0.5, 0.6) is 5.75 Å². The molecule has 2 heterocycles. The van der Waals surface area contributed by atoms with Crippen LogP contribution in [0.3, 0.4) is 0 Å². The molecule has 0 bridgehead atoms. The summed E-state index contributed by atoms with van der Waals surface area (Å²) in [5.74, 6) is 0.730. The lowest BCUT2D eigenvalue weighted by Crippen LogP contribution is -2.49. The maximum absolute atomic E-state index is 12.6. The number of para-hydroxylation sites is 1. The van der Waals surface area contributed by atoms with Gasteiger partial charge in [-0.1, -0.05) is 41.3 Å². The van der Waals surface area contributed by atoms with Crippen molar-refractivity contribution >= 4 is 46.3 Å². The van der Waals surface area contributed by atoms with E-state index in [-0.39, 0.29) is 22.6 Å². The summed E-state index contributed by atoms with van der Waals surface area (Å²) in [6.45, 7) is 3.02. The lowest BCUT2D eigenvalue weighted by atomic mass is 10.2. The molecule has 1 saturated heterocycles. The fourth-order valence-electron chi connectivity index (χ4n) is 3.29. The quantitative estimate of drug-likeness (QED) is 0.532. The average molecular weight is 470 g/mol. The molecule has 2 aromatic carbocycles. The van der Waals surface area contributed by atoms with E-state index in [9.17, 15) is 9.59 Å². The number of methoxy groups -OCH3 is 1. The van der Waals surface area contributed by atoms with Crippen molar-refractivity contribution in [2.45, 2.75) is 4.34 Å². The van der Waals surface area contributed by atoms with Gasteiger partial charge in [-0.15, -0.1) is 10.2 Å². The van der Waals surface area contributed by atoms with Gasteiger partial charge in [0.05, 0.1) is 12.9 Å².